The predicted octanol–water partition coefficient (Wildman–Crippen LogP) is 0.607. The monoisotopic (exact) mass is 414 g/mol. The second-order valence-corrected chi connectivity index (χ2v) is 6.95. The van der Waals surface area contributed by atoms with Gasteiger partial charge in [0.05, 0.1) is 12.0 Å². The molecule has 30 heavy (non-hydrogen) atoms. The van der Waals surface area contributed by atoms with Gasteiger partial charge in [-0.1, -0.05) is 26.0 Å². The molecule has 10 heteroatoms. The van der Waals surface area contributed by atoms with Gasteiger partial charge in [0, 0.05) is 0 Å². The minimum absolute atomic E-state index is 0.0713. The Labute approximate surface area is 172 Å². The number of anilines is 1. The van der Waals surface area contributed by atoms with Gasteiger partial charge < -0.3 is 14.5 Å². The molecule has 0 aliphatic carbocycles. The fourth-order valence-electron chi connectivity index (χ4n) is 2.87. The molecule has 2 aromatic rings. The van der Waals surface area contributed by atoms with E-state index < -0.39 is 23.8 Å². The first-order valence-corrected chi connectivity index (χ1v) is 9.32. The summed E-state index contributed by atoms with van der Waals surface area (Å²) in [6.07, 6.45) is 1.35. The van der Waals surface area contributed by atoms with E-state index in [4.69, 9.17) is 9.15 Å². The predicted molar refractivity (Wildman–Crippen MR) is 105 cm³/mol. The highest BCUT2D eigenvalue weighted by Gasteiger charge is 2.28. The second kappa shape index (κ2) is 9.12. The number of nitrogens with zero attached hydrogens (tertiary/aromatic N) is 1. The van der Waals surface area contributed by atoms with E-state index in [2.05, 4.69) is 16.2 Å². The second-order valence-electron chi connectivity index (χ2n) is 6.95. The highest BCUT2D eigenvalue weighted by molar-refractivity contribution is 6.02. The summed E-state index contributed by atoms with van der Waals surface area (Å²) >= 11 is 0. The quantitative estimate of drug-likeness (QED) is 0.594. The number of carbonyl (C=O) groups excluding carboxylic acids is 4. The number of fused-ring (bicyclic) bond motifs is 1. The number of rotatable bonds is 6. The van der Waals surface area contributed by atoms with Crippen molar-refractivity contribution in [2.45, 2.75) is 19.9 Å². The van der Waals surface area contributed by atoms with Gasteiger partial charge in [-0.2, -0.15) is 0 Å². The van der Waals surface area contributed by atoms with Crippen LogP contribution in [-0.4, -0.2) is 42.8 Å². The van der Waals surface area contributed by atoms with Crippen molar-refractivity contribution in [3.63, 3.8) is 0 Å². The molecule has 1 atom stereocenters. The fraction of sp³-hybridized carbons (Fsp3) is 0.300. The van der Waals surface area contributed by atoms with Crippen LogP contribution in [0.3, 0.4) is 0 Å². The van der Waals surface area contributed by atoms with Crippen LogP contribution in [-0.2, 0) is 14.4 Å². The Morgan fingerprint density at radius 2 is 1.87 bits per heavy atom. The maximum absolute atomic E-state index is 12.5. The molecule has 0 radical (unpaired) electrons. The number of para-hydroxylation sites is 2. The Kier molecular flexibility index (Phi) is 6.35. The van der Waals surface area contributed by atoms with Gasteiger partial charge >= 0.3 is 0 Å². The minimum Gasteiger partial charge on any atom is -0.482 e. The molecular weight excluding hydrogens is 392 g/mol. The van der Waals surface area contributed by atoms with Gasteiger partial charge in [-0.3, -0.25) is 34.9 Å². The summed E-state index contributed by atoms with van der Waals surface area (Å²) in [6.45, 7) is 3.02. The van der Waals surface area contributed by atoms with Crippen LogP contribution < -0.4 is 25.8 Å². The van der Waals surface area contributed by atoms with E-state index in [9.17, 15) is 19.2 Å². The number of hydrogen-bond donors (Lipinski definition) is 3. The van der Waals surface area contributed by atoms with Crippen molar-refractivity contribution in [3.05, 3.63) is 48.4 Å². The first kappa shape index (κ1) is 20.9. The van der Waals surface area contributed by atoms with Crippen LogP contribution in [0, 0.1) is 5.92 Å². The molecule has 1 aliphatic heterocycles. The van der Waals surface area contributed by atoms with Gasteiger partial charge in [0.2, 0.25) is 0 Å². The average Bonchev–Trinajstić information content (AvgIpc) is 3.27. The van der Waals surface area contributed by atoms with E-state index in [1.807, 2.05) is 0 Å². The van der Waals surface area contributed by atoms with Gasteiger partial charge in [-0.05, 0) is 30.2 Å². The fourth-order valence-corrected chi connectivity index (χ4v) is 2.87. The lowest BCUT2D eigenvalue weighted by Gasteiger charge is -2.28. The molecular formula is C20H22N4O6. The molecule has 0 bridgehead atoms. The third-order valence-electron chi connectivity index (χ3n) is 4.42. The first-order chi connectivity index (χ1) is 14.4. The summed E-state index contributed by atoms with van der Waals surface area (Å²) < 4.78 is 10.3. The molecule has 3 N–H and O–H groups in total. The van der Waals surface area contributed by atoms with Crippen LogP contribution in [0.2, 0.25) is 0 Å². The third-order valence-corrected chi connectivity index (χ3v) is 4.42. The maximum Gasteiger partial charge on any atom is 0.287 e. The van der Waals surface area contributed by atoms with Crippen LogP contribution >= 0.6 is 0 Å². The Morgan fingerprint density at radius 3 is 2.57 bits per heavy atom. The van der Waals surface area contributed by atoms with E-state index >= 15 is 0 Å². The molecule has 0 saturated heterocycles. The van der Waals surface area contributed by atoms with E-state index in [0.29, 0.717) is 11.4 Å². The Hall–Kier alpha value is -3.82. The highest BCUT2D eigenvalue weighted by atomic mass is 16.5. The number of hydrogen-bond acceptors (Lipinski definition) is 6. The zero-order chi connectivity index (χ0) is 21.7. The van der Waals surface area contributed by atoms with Gasteiger partial charge in [0.25, 0.3) is 23.6 Å². The molecule has 1 aromatic heterocycles. The zero-order valence-electron chi connectivity index (χ0n) is 16.5. The minimum atomic E-state index is -0.909. The summed E-state index contributed by atoms with van der Waals surface area (Å²) in [7, 11) is 0. The Bertz CT molecular complexity index is 941. The molecule has 0 saturated carbocycles. The summed E-state index contributed by atoms with van der Waals surface area (Å²) in [5, 5.41) is 2.57. The largest absolute Gasteiger partial charge is 0.482 e. The lowest BCUT2D eigenvalue weighted by atomic mass is 10.0. The maximum atomic E-state index is 12.5. The van der Waals surface area contributed by atoms with Crippen molar-refractivity contribution in [1.29, 1.82) is 0 Å². The average molecular weight is 414 g/mol. The van der Waals surface area contributed by atoms with Crippen LogP contribution in [0.25, 0.3) is 0 Å². The highest BCUT2D eigenvalue weighted by Crippen LogP contribution is 2.31. The number of amides is 4. The van der Waals surface area contributed by atoms with Crippen LogP contribution in [0.5, 0.6) is 5.75 Å². The number of benzene rings is 1. The molecule has 2 heterocycles. The number of carbonyl (C=O) groups is 4. The van der Waals surface area contributed by atoms with Crippen LogP contribution in [0.4, 0.5) is 5.69 Å². The van der Waals surface area contributed by atoms with E-state index in [-0.39, 0.29) is 30.7 Å². The Balaban J connectivity index is 1.57. The molecule has 158 valence electrons. The normalized spacial score (nSPS) is 13.8. The summed E-state index contributed by atoms with van der Waals surface area (Å²) in [5.41, 5.74) is 5.04. The van der Waals surface area contributed by atoms with Crippen molar-refractivity contribution in [1.82, 2.24) is 16.2 Å². The van der Waals surface area contributed by atoms with Gasteiger partial charge in [-0.15, -0.1) is 0 Å². The van der Waals surface area contributed by atoms with Crippen molar-refractivity contribution in [2.24, 2.45) is 5.92 Å². The lowest BCUT2D eigenvalue weighted by molar-refractivity contribution is -0.130. The summed E-state index contributed by atoms with van der Waals surface area (Å²) in [4.78, 5) is 50.4. The lowest BCUT2D eigenvalue weighted by Crippen LogP contribution is -2.56. The summed E-state index contributed by atoms with van der Waals surface area (Å²) in [5.74, 6) is -1.82. The number of hydrazine groups is 1. The standard InChI is InChI=1S/C20H22N4O6/c1-12(2)18(21-19(27)15-8-5-9-29-15)20(28)23-22-16(25)10-24-13-6-3-4-7-14(13)30-11-17(24)26/h3-9,12,18H,10-11H2,1-2H3,(H,21,27)(H,22,25)(H,23,28)/t18-/m0/s1. The molecule has 3 rings (SSSR count). The van der Waals surface area contributed by atoms with E-state index in [1.54, 1.807) is 44.2 Å². The molecule has 0 spiro atoms. The van der Waals surface area contributed by atoms with Gasteiger partial charge in [0.15, 0.2) is 12.4 Å². The number of furan rings is 1. The summed E-state index contributed by atoms with van der Waals surface area (Å²) in [6, 6.07) is 8.97. The molecule has 10 nitrogen and oxygen atoms in total. The van der Waals surface area contributed by atoms with Crippen molar-refractivity contribution in [3.8, 4) is 5.75 Å². The van der Waals surface area contributed by atoms with E-state index in [0.717, 1.165) is 0 Å². The Morgan fingerprint density at radius 1 is 1.10 bits per heavy atom. The van der Waals surface area contributed by atoms with Gasteiger partial charge in [0.1, 0.15) is 18.3 Å². The van der Waals surface area contributed by atoms with E-state index in [1.165, 1.54) is 17.2 Å². The SMILES string of the molecule is CC(C)[C@H](NC(=O)c1ccco1)C(=O)NNC(=O)CN1C(=O)COc2ccccc21. The smallest absolute Gasteiger partial charge is 0.287 e. The molecule has 1 aromatic carbocycles. The molecule has 0 fully saturated rings. The topological polar surface area (TPSA) is 130 Å². The van der Waals surface area contributed by atoms with Crippen LogP contribution in [0.15, 0.2) is 47.1 Å². The molecule has 1 aliphatic rings. The van der Waals surface area contributed by atoms with Crippen LogP contribution in [0.1, 0.15) is 24.4 Å². The van der Waals surface area contributed by atoms with Gasteiger partial charge in [-0.25, -0.2) is 0 Å². The number of ether oxygens (including phenoxy) is 1. The zero-order valence-corrected chi connectivity index (χ0v) is 16.5. The molecule has 0 unspecified atom stereocenters. The van der Waals surface area contributed by atoms with Crippen molar-refractivity contribution < 1.29 is 28.3 Å². The third kappa shape index (κ3) is 4.77. The van der Waals surface area contributed by atoms with Crippen molar-refractivity contribution >= 4 is 29.3 Å². The van der Waals surface area contributed by atoms with Crippen molar-refractivity contribution in [2.75, 3.05) is 18.1 Å². The first-order valence-electron chi connectivity index (χ1n) is 9.32. The number of nitrogens with one attached hydrogen (secondary N) is 3. The molecule has 4 amide bonds.